The number of rotatable bonds is 9. The van der Waals surface area contributed by atoms with E-state index in [9.17, 15) is 10.1 Å². The van der Waals surface area contributed by atoms with Gasteiger partial charge in [-0.3, -0.25) is 4.79 Å². The summed E-state index contributed by atoms with van der Waals surface area (Å²) in [4.78, 5) is 14.0. The van der Waals surface area contributed by atoms with E-state index < -0.39 is 0 Å². The average molecular weight is 524 g/mol. The van der Waals surface area contributed by atoms with Crippen LogP contribution >= 0.6 is 23.1 Å². The van der Waals surface area contributed by atoms with Crippen LogP contribution in [-0.2, 0) is 30.8 Å². The quantitative estimate of drug-likeness (QED) is 0.330. The molecule has 190 valence electrons. The Bertz CT molecular complexity index is 1220. The number of hydrogen-bond acceptors (Lipinski definition) is 7. The first kappa shape index (κ1) is 26.2. The minimum Gasteiger partial charge on any atom is -0.486 e. The maximum Gasteiger partial charge on any atom is 0.235 e. The van der Waals surface area contributed by atoms with Crippen molar-refractivity contribution in [3.05, 3.63) is 51.7 Å². The molecule has 1 N–H and O–H groups in total. The van der Waals surface area contributed by atoms with Gasteiger partial charge in [0.05, 0.1) is 11.3 Å². The number of benzene rings is 1. The van der Waals surface area contributed by atoms with Crippen molar-refractivity contribution in [3.63, 3.8) is 0 Å². The zero-order valence-corrected chi connectivity index (χ0v) is 22.8. The first-order chi connectivity index (χ1) is 17.5. The maximum absolute atomic E-state index is 12.8. The van der Waals surface area contributed by atoms with E-state index in [2.05, 4.69) is 47.6 Å². The number of thioether (sulfide) groups is 1. The lowest BCUT2D eigenvalue weighted by atomic mass is 9.97. The summed E-state index contributed by atoms with van der Waals surface area (Å²) in [7, 11) is 0. The molecule has 0 saturated heterocycles. The van der Waals surface area contributed by atoms with Crippen LogP contribution in [0.3, 0.4) is 0 Å². The molecule has 7 nitrogen and oxygen atoms in total. The van der Waals surface area contributed by atoms with Crippen molar-refractivity contribution in [1.29, 1.82) is 5.26 Å². The number of ether oxygens (including phenoxy) is 1. The molecule has 0 atom stereocenters. The van der Waals surface area contributed by atoms with E-state index in [1.54, 1.807) is 11.3 Å². The lowest BCUT2D eigenvalue weighted by molar-refractivity contribution is -0.113. The number of carbonyl (C=O) groups is 1. The lowest BCUT2D eigenvalue weighted by Gasteiger charge is -2.10. The number of nitrogens with zero attached hydrogens (tertiary/aromatic N) is 4. The SMILES string of the molecule is CCn1c(COc2ccc(C(C)C)cc2)nnc1SCC(=O)Nc1sc2c(c1C#N)CCCCCC2. The molecule has 1 aliphatic carbocycles. The predicted octanol–water partition coefficient (Wildman–Crippen LogP) is 6.32. The smallest absolute Gasteiger partial charge is 0.235 e. The monoisotopic (exact) mass is 523 g/mol. The normalized spacial score (nSPS) is 13.5. The summed E-state index contributed by atoms with van der Waals surface area (Å²) in [6, 6.07) is 10.4. The van der Waals surface area contributed by atoms with Crippen LogP contribution in [0.4, 0.5) is 5.00 Å². The van der Waals surface area contributed by atoms with E-state index in [0.29, 0.717) is 34.8 Å². The van der Waals surface area contributed by atoms with Crippen molar-refractivity contribution in [1.82, 2.24) is 14.8 Å². The van der Waals surface area contributed by atoms with Crippen LogP contribution < -0.4 is 10.1 Å². The summed E-state index contributed by atoms with van der Waals surface area (Å²) in [5.74, 6) is 2.04. The maximum atomic E-state index is 12.8. The topological polar surface area (TPSA) is 92.8 Å². The van der Waals surface area contributed by atoms with Gasteiger partial charge >= 0.3 is 0 Å². The molecule has 2 aromatic heterocycles. The zero-order valence-electron chi connectivity index (χ0n) is 21.2. The van der Waals surface area contributed by atoms with Gasteiger partial charge in [-0.15, -0.1) is 21.5 Å². The molecule has 0 saturated carbocycles. The van der Waals surface area contributed by atoms with Crippen molar-refractivity contribution in [2.75, 3.05) is 11.1 Å². The fourth-order valence-corrected chi connectivity index (χ4v) is 6.44. The highest BCUT2D eigenvalue weighted by molar-refractivity contribution is 7.99. The number of fused-ring (bicyclic) bond motifs is 1. The summed E-state index contributed by atoms with van der Waals surface area (Å²) in [6.07, 6.45) is 6.59. The van der Waals surface area contributed by atoms with Crippen molar-refractivity contribution < 1.29 is 9.53 Å². The largest absolute Gasteiger partial charge is 0.486 e. The summed E-state index contributed by atoms with van der Waals surface area (Å²) in [5.41, 5.74) is 3.05. The molecule has 2 heterocycles. The first-order valence-corrected chi connectivity index (χ1v) is 14.4. The van der Waals surface area contributed by atoms with E-state index in [1.165, 1.54) is 35.0 Å². The summed E-state index contributed by atoms with van der Waals surface area (Å²) < 4.78 is 7.90. The van der Waals surface area contributed by atoms with E-state index in [1.807, 2.05) is 23.6 Å². The Hall–Kier alpha value is -2.83. The van der Waals surface area contributed by atoms with Gasteiger partial charge in [0.2, 0.25) is 5.91 Å². The van der Waals surface area contributed by atoms with E-state index in [0.717, 1.165) is 42.8 Å². The van der Waals surface area contributed by atoms with Crippen LogP contribution in [-0.4, -0.2) is 26.4 Å². The Morgan fingerprint density at radius 1 is 1.19 bits per heavy atom. The fraction of sp³-hybridized carbons (Fsp3) is 0.481. The predicted molar refractivity (Wildman–Crippen MR) is 145 cm³/mol. The van der Waals surface area contributed by atoms with Gasteiger partial charge in [0.1, 0.15) is 23.4 Å². The van der Waals surface area contributed by atoms with Gasteiger partial charge in [-0.2, -0.15) is 5.26 Å². The minimum absolute atomic E-state index is 0.139. The minimum atomic E-state index is -0.139. The molecule has 1 aliphatic rings. The van der Waals surface area contributed by atoms with Gasteiger partial charge in [0.25, 0.3) is 0 Å². The molecule has 0 unspecified atom stereocenters. The second kappa shape index (κ2) is 12.4. The van der Waals surface area contributed by atoms with Gasteiger partial charge in [0.15, 0.2) is 11.0 Å². The Morgan fingerprint density at radius 3 is 2.64 bits per heavy atom. The first-order valence-electron chi connectivity index (χ1n) is 12.6. The van der Waals surface area contributed by atoms with Crippen LogP contribution in [0.25, 0.3) is 0 Å². The highest BCUT2D eigenvalue weighted by Crippen LogP contribution is 2.36. The molecule has 0 radical (unpaired) electrons. The van der Waals surface area contributed by atoms with Crippen LogP contribution in [0, 0.1) is 11.3 Å². The summed E-state index contributed by atoms with van der Waals surface area (Å²) >= 11 is 2.91. The Morgan fingerprint density at radius 2 is 1.94 bits per heavy atom. The number of anilines is 1. The molecule has 0 aliphatic heterocycles. The Kier molecular flexibility index (Phi) is 9.05. The van der Waals surface area contributed by atoms with Gasteiger partial charge in [-0.1, -0.05) is 50.6 Å². The second-order valence-corrected chi connectivity index (χ2v) is 11.3. The van der Waals surface area contributed by atoms with Crippen LogP contribution in [0.5, 0.6) is 5.75 Å². The number of hydrogen-bond donors (Lipinski definition) is 1. The molecule has 1 aromatic carbocycles. The molecule has 4 rings (SSSR count). The molecule has 0 fully saturated rings. The van der Waals surface area contributed by atoms with Crippen molar-refractivity contribution in [3.8, 4) is 11.8 Å². The van der Waals surface area contributed by atoms with Gasteiger partial charge < -0.3 is 14.6 Å². The molecule has 9 heteroatoms. The third-order valence-corrected chi connectivity index (χ3v) is 8.57. The van der Waals surface area contributed by atoms with Gasteiger partial charge in [-0.05, 0) is 61.8 Å². The molecule has 0 spiro atoms. The number of carbonyl (C=O) groups excluding carboxylic acids is 1. The van der Waals surface area contributed by atoms with Gasteiger partial charge in [0, 0.05) is 11.4 Å². The van der Waals surface area contributed by atoms with E-state index >= 15 is 0 Å². The third-order valence-electron chi connectivity index (χ3n) is 6.39. The van der Waals surface area contributed by atoms with Crippen LogP contribution in [0.1, 0.15) is 79.8 Å². The number of aromatic nitrogens is 3. The summed E-state index contributed by atoms with van der Waals surface area (Å²) in [5, 5.41) is 22.7. The molecular formula is C27H33N5O2S2. The van der Waals surface area contributed by atoms with Crippen LogP contribution in [0.15, 0.2) is 29.4 Å². The van der Waals surface area contributed by atoms with Crippen LogP contribution in [0.2, 0.25) is 0 Å². The number of nitrogens with one attached hydrogen (secondary N) is 1. The van der Waals surface area contributed by atoms with Crippen molar-refractivity contribution >= 4 is 34.0 Å². The van der Waals surface area contributed by atoms with E-state index in [4.69, 9.17) is 4.74 Å². The molecule has 0 bridgehead atoms. The number of amides is 1. The highest BCUT2D eigenvalue weighted by Gasteiger charge is 2.21. The number of thiophene rings is 1. The second-order valence-electron chi connectivity index (χ2n) is 9.23. The van der Waals surface area contributed by atoms with E-state index in [-0.39, 0.29) is 11.7 Å². The highest BCUT2D eigenvalue weighted by atomic mass is 32.2. The average Bonchev–Trinajstić information content (AvgIpc) is 3.40. The van der Waals surface area contributed by atoms with Crippen molar-refractivity contribution in [2.45, 2.75) is 83.5 Å². The van der Waals surface area contributed by atoms with Crippen molar-refractivity contribution in [2.24, 2.45) is 0 Å². The van der Waals surface area contributed by atoms with Gasteiger partial charge in [-0.25, -0.2) is 0 Å². The molecular weight excluding hydrogens is 490 g/mol. The fourth-order valence-electron chi connectivity index (χ4n) is 4.37. The lowest BCUT2D eigenvalue weighted by Crippen LogP contribution is -2.15. The number of nitriles is 1. The Balaban J connectivity index is 1.36. The standard InChI is InChI=1S/C27H33N5O2S2/c1-4-32-24(16-34-20-13-11-19(12-14-20)18(2)3)30-31-27(32)35-17-25(33)29-26-22(15-28)21-9-7-5-6-8-10-23(21)36-26/h11-14,18H,4-10,16-17H2,1-3H3,(H,29,33). The third kappa shape index (κ3) is 6.29. The molecule has 1 amide bonds. The Labute approximate surface area is 221 Å². The zero-order chi connectivity index (χ0) is 25.5. The molecule has 3 aromatic rings. The molecule has 36 heavy (non-hydrogen) atoms. The number of aryl methyl sites for hydroxylation is 1. The summed E-state index contributed by atoms with van der Waals surface area (Å²) in [6.45, 7) is 7.34.